The minimum Gasteiger partial charge on any atom is -0.353 e. The zero-order valence-electron chi connectivity index (χ0n) is 5.55. The van der Waals surface area contributed by atoms with E-state index in [-0.39, 0.29) is 5.91 Å². The standard InChI is InChI=1S/C6H9N3O/c10-6-5-2-1-3-9(5)4-7-8-6/h2,7H,1,3-4H2,(H,8,10). The van der Waals surface area contributed by atoms with Crippen LogP contribution in [0.25, 0.3) is 0 Å². The third-order valence-electron chi connectivity index (χ3n) is 1.78. The van der Waals surface area contributed by atoms with Gasteiger partial charge in [-0.25, -0.2) is 5.43 Å². The number of nitrogens with one attached hydrogen (secondary N) is 2. The van der Waals surface area contributed by atoms with Gasteiger partial charge >= 0.3 is 0 Å². The van der Waals surface area contributed by atoms with Gasteiger partial charge in [-0.2, -0.15) is 0 Å². The van der Waals surface area contributed by atoms with Gasteiger partial charge in [0.05, 0.1) is 6.67 Å². The molecule has 54 valence electrons. The molecule has 2 rings (SSSR count). The van der Waals surface area contributed by atoms with Crippen molar-refractivity contribution < 1.29 is 4.79 Å². The number of amides is 1. The van der Waals surface area contributed by atoms with Gasteiger partial charge in [0.2, 0.25) is 0 Å². The van der Waals surface area contributed by atoms with Crippen LogP contribution in [-0.2, 0) is 4.79 Å². The Morgan fingerprint density at radius 1 is 1.60 bits per heavy atom. The summed E-state index contributed by atoms with van der Waals surface area (Å²) < 4.78 is 0. The molecule has 0 aromatic heterocycles. The Morgan fingerprint density at radius 2 is 2.50 bits per heavy atom. The predicted octanol–water partition coefficient (Wildman–Crippen LogP) is -0.832. The maximum Gasteiger partial charge on any atom is 0.281 e. The fourth-order valence-corrected chi connectivity index (χ4v) is 1.29. The Labute approximate surface area is 58.9 Å². The summed E-state index contributed by atoms with van der Waals surface area (Å²) in [6, 6.07) is 0. The molecule has 1 fully saturated rings. The molecule has 0 aromatic rings. The van der Waals surface area contributed by atoms with Crippen LogP contribution in [-0.4, -0.2) is 24.0 Å². The van der Waals surface area contributed by atoms with E-state index in [1.165, 1.54) is 0 Å². The van der Waals surface area contributed by atoms with Crippen molar-refractivity contribution in [3.63, 3.8) is 0 Å². The maximum atomic E-state index is 11.0. The second kappa shape index (κ2) is 1.98. The molecule has 4 heteroatoms. The number of fused-ring (bicyclic) bond motifs is 1. The third-order valence-corrected chi connectivity index (χ3v) is 1.78. The van der Waals surface area contributed by atoms with Crippen LogP contribution in [0.5, 0.6) is 0 Å². The second-order valence-electron chi connectivity index (χ2n) is 2.43. The summed E-state index contributed by atoms with van der Waals surface area (Å²) in [5.74, 6) is -0.0104. The second-order valence-corrected chi connectivity index (χ2v) is 2.43. The first kappa shape index (κ1) is 5.73. The van der Waals surface area contributed by atoms with Gasteiger partial charge in [-0.15, -0.1) is 0 Å². The predicted molar refractivity (Wildman–Crippen MR) is 35.6 cm³/mol. The van der Waals surface area contributed by atoms with Crippen LogP contribution in [0.2, 0.25) is 0 Å². The van der Waals surface area contributed by atoms with Gasteiger partial charge in [-0.1, -0.05) is 6.08 Å². The van der Waals surface area contributed by atoms with Crippen molar-refractivity contribution in [1.82, 2.24) is 15.8 Å². The highest BCUT2D eigenvalue weighted by Crippen LogP contribution is 2.14. The molecular weight excluding hydrogens is 130 g/mol. The Bertz CT molecular complexity index is 199. The van der Waals surface area contributed by atoms with Crippen LogP contribution in [0, 0.1) is 0 Å². The zero-order valence-corrected chi connectivity index (χ0v) is 5.55. The summed E-state index contributed by atoms with van der Waals surface area (Å²) in [7, 11) is 0. The van der Waals surface area contributed by atoms with E-state index in [0.29, 0.717) is 0 Å². The van der Waals surface area contributed by atoms with Gasteiger partial charge in [0, 0.05) is 6.54 Å². The Kier molecular flexibility index (Phi) is 1.14. The smallest absolute Gasteiger partial charge is 0.281 e. The summed E-state index contributed by atoms with van der Waals surface area (Å²) in [4.78, 5) is 13.0. The van der Waals surface area contributed by atoms with Crippen LogP contribution < -0.4 is 10.9 Å². The van der Waals surface area contributed by atoms with E-state index in [1.807, 2.05) is 11.0 Å². The molecule has 2 N–H and O–H groups in total. The van der Waals surface area contributed by atoms with E-state index in [9.17, 15) is 4.79 Å². The molecule has 0 unspecified atom stereocenters. The number of hydrazine groups is 1. The molecular formula is C6H9N3O. The molecule has 0 aromatic carbocycles. The summed E-state index contributed by atoms with van der Waals surface area (Å²) in [6.45, 7) is 1.70. The Hall–Kier alpha value is -1.03. The quantitative estimate of drug-likeness (QED) is 0.460. The van der Waals surface area contributed by atoms with Crippen molar-refractivity contribution >= 4 is 5.91 Å². The molecule has 2 aliphatic heterocycles. The third kappa shape index (κ3) is 0.690. The first-order valence-electron chi connectivity index (χ1n) is 3.36. The van der Waals surface area contributed by atoms with E-state index >= 15 is 0 Å². The number of hydrogen-bond donors (Lipinski definition) is 2. The minimum absolute atomic E-state index is 0.0104. The highest BCUT2D eigenvalue weighted by atomic mass is 16.2. The number of hydrogen-bond acceptors (Lipinski definition) is 3. The van der Waals surface area contributed by atoms with Gasteiger partial charge in [-0.05, 0) is 6.42 Å². The molecule has 2 heterocycles. The lowest BCUT2D eigenvalue weighted by Gasteiger charge is -2.27. The van der Waals surface area contributed by atoms with Crippen LogP contribution in [0.4, 0.5) is 0 Å². The molecule has 0 radical (unpaired) electrons. The van der Waals surface area contributed by atoms with Crippen molar-refractivity contribution in [1.29, 1.82) is 0 Å². The Morgan fingerprint density at radius 3 is 3.30 bits per heavy atom. The topological polar surface area (TPSA) is 44.4 Å². The van der Waals surface area contributed by atoms with E-state index in [2.05, 4.69) is 10.9 Å². The number of carbonyl (C=O) groups excluding carboxylic acids is 1. The summed E-state index contributed by atoms with van der Waals surface area (Å²) >= 11 is 0. The van der Waals surface area contributed by atoms with Crippen LogP contribution >= 0.6 is 0 Å². The summed E-state index contributed by atoms with van der Waals surface area (Å²) in [5, 5.41) is 0. The summed E-state index contributed by atoms with van der Waals surface area (Å²) in [6.07, 6.45) is 2.96. The average molecular weight is 139 g/mol. The van der Waals surface area contributed by atoms with Crippen LogP contribution in [0.15, 0.2) is 11.8 Å². The normalized spacial score (nSPS) is 23.8. The van der Waals surface area contributed by atoms with E-state index in [1.54, 1.807) is 0 Å². The fraction of sp³-hybridized carbons (Fsp3) is 0.500. The molecule has 0 saturated carbocycles. The highest BCUT2D eigenvalue weighted by molar-refractivity contribution is 5.93. The molecule has 1 amide bonds. The number of rotatable bonds is 0. The maximum absolute atomic E-state index is 11.0. The van der Waals surface area contributed by atoms with Crippen molar-refractivity contribution in [2.45, 2.75) is 6.42 Å². The molecule has 0 spiro atoms. The van der Waals surface area contributed by atoms with Gasteiger partial charge in [-0.3, -0.25) is 10.2 Å². The average Bonchev–Trinajstić information content (AvgIpc) is 2.36. The van der Waals surface area contributed by atoms with Crippen molar-refractivity contribution in [3.05, 3.63) is 11.8 Å². The molecule has 2 aliphatic rings. The molecule has 10 heavy (non-hydrogen) atoms. The lowest BCUT2D eigenvalue weighted by Crippen LogP contribution is -2.52. The Balaban J connectivity index is 2.22. The van der Waals surface area contributed by atoms with E-state index in [0.717, 1.165) is 25.3 Å². The first-order valence-corrected chi connectivity index (χ1v) is 3.36. The molecule has 0 bridgehead atoms. The van der Waals surface area contributed by atoms with E-state index in [4.69, 9.17) is 0 Å². The molecule has 0 atom stereocenters. The van der Waals surface area contributed by atoms with Gasteiger partial charge < -0.3 is 4.90 Å². The summed E-state index contributed by atoms with van der Waals surface area (Å²) in [5.41, 5.74) is 6.16. The molecule has 1 saturated heterocycles. The SMILES string of the molecule is O=C1NNCN2CCC=C12. The van der Waals surface area contributed by atoms with Crippen molar-refractivity contribution in [3.8, 4) is 0 Å². The van der Waals surface area contributed by atoms with Crippen LogP contribution in [0.1, 0.15) is 6.42 Å². The molecule has 4 nitrogen and oxygen atoms in total. The highest BCUT2D eigenvalue weighted by Gasteiger charge is 2.24. The number of carbonyl (C=O) groups is 1. The van der Waals surface area contributed by atoms with Gasteiger partial charge in [0.1, 0.15) is 5.70 Å². The van der Waals surface area contributed by atoms with Crippen molar-refractivity contribution in [2.24, 2.45) is 0 Å². The van der Waals surface area contributed by atoms with Gasteiger partial charge in [0.25, 0.3) is 5.91 Å². The van der Waals surface area contributed by atoms with Crippen LogP contribution in [0.3, 0.4) is 0 Å². The zero-order chi connectivity index (χ0) is 6.97. The van der Waals surface area contributed by atoms with Gasteiger partial charge in [0.15, 0.2) is 0 Å². The first-order chi connectivity index (χ1) is 4.88. The minimum atomic E-state index is -0.0104. The van der Waals surface area contributed by atoms with Crippen molar-refractivity contribution in [2.75, 3.05) is 13.2 Å². The monoisotopic (exact) mass is 139 g/mol. The fourth-order valence-electron chi connectivity index (χ4n) is 1.29. The lowest BCUT2D eigenvalue weighted by atomic mass is 10.4. The molecule has 0 aliphatic carbocycles. The largest absolute Gasteiger partial charge is 0.353 e. The van der Waals surface area contributed by atoms with E-state index < -0.39 is 0 Å². The number of nitrogens with zero attached hydrogens (tertiary/aromatic N) is 1. The lowest BCUT2D eigenvalue weighted by molar-refractivity contribution is -0.121.